The van der Waals surface area contributed by atoms with Gasteiger partial charge in [0.1, 0.15) is 11.8 Å². The lowest BCUT2D eigenvalue weighted by atomic mass is 9.90. The van der Waals surface area contributed by atoms with Crippen molar-refractivity contribution < 1.29 is 19.9 Å². The zero-order valence-electron chi connectivity index (χ0n) is 13.0. The molecule has 0 spiro atoms. The van der Waals surface area contributed by atoms with Crippen molar-refractivity contribution in [1.29, 1.82) is 0 Å². The molecule has 0 amide bonds. The van der Waals surface area contributed by atoms with E-state index < -0.39 is 0 Å². The molecule has 0 aliphatic carbocycles. The first-order chi connectivity index (χ1) is 10.7. The van der Waals surface area contributed by atoms with Crippen molar-refractivity contribution in [3.63, 3.8) is 0 Å². The minimum atomic E-state index is 0.308. The van der Waals surface area contributed by atoms with E-state index in [1.54, 1.807) is 26.4 Å². The Labute approximate surface area is 130 Å². The molecule has 2 aromatic rings. The number of nitrogens with two attached hydrogens (primary N) is 1. The van der Waals surface area contributed by atoms with Gasteiger partial charge in [-0.3, -0.25) is 0 Å². The van der Waals surface area contributed by atoms with Gasteiger partial charge < -0.3 is 19.9 Å². The third kappa shape index (κ3) is 2.88. The van der Waals surface area contributed by atoms with Crippen molar-refractivity contribution in [2.75, 3.05) is 20.8 Å². The zero-order chi connectivity index (χ0) is 15.5. The highest BCUT2D eigenvalue weighted by atomic mass is 16.5. The van der Waals surface area contributed by atoms with Crippen molar-refractivity contribution in [1.82, 2.24) is 0 Å². The topological polar surface area (TPSA) is 55.3 Å². The number of benzene rings is 2. The van der Waals surface area contributed by atoms with Gasteiger partial charge in [0.05, 0.1) is 20.8 Å². The Morgan fingerprint density at radius 1 is 1.09 bits per heavy atom. The quantitative estimate of drug-likeness (QED) is 0.905. The van der Waals surface area contributed by atoms with Gasteiger partial charge in [0.15, 0.2) is 11.5 Å². The third-order valence-corrected chi connectivity index (χ3v) is 4.30. The Balaban J connectivity index is 1.91. The van der Waals surface area contributed by atoms with Gasteiger partial charge in [-0.1, -0.05) is 12.1 Å². The van der Waals surface area contributed by atoms with Gasteiger partial charge in [0.25, 0.3) is 0 Å². The van der Waals surface area contributed by atoms with Gasteiger partial charge in [-0.2, -0.15) is 0 Å². The maximum absolute atomic E-state index is 9.41. The van der Waals surface area contributed by atoms with E-state index in [1.807, 2.05) is 12.1 Å². The molecule has 1 heterocycles. The largest absolute Gasteiger partial charge is 0.508 e. The molecule has 4 nitrogen and oxygen atoms in total. The number of fused-ring (bicyclic) bond motifs is 1. The van der Waals surface area contributed by atoms with Gasteiger partial charge in [-0.05, 0) is 35.4 Å². The predicted molar refractivity (Wildman–Crippen MR) is 84.6 cm³/mol. The summed E-state index contributed by atoms with van der Waals surface area (Å²) < 4.78 is 10.9. The summed E-state index contributed by atoms with van der Waals surface area (Å²) in [6.07, 6.45) is 1.98. The highest BCUT2D eigenvalue weighted by molar-refractivity contribution is 5.49. The molecule has 0 fully saturated rings. The Kier molecular flexibility index (Phi) is 4.20. The number of hydrogen-bond donors (Lipinski definition) is 2. The summed E-state index contributed by atoms with van der Waals surface area (Å²) in [5.41, 5.74) is 3.88. The SMILES string of the molecule is COc1cc2c(cc1OC)[C@@H](Cc1ccc(O)cc1)[NH2+]CC2. The van der Waals surface area contributed by atoms with Gasteiger partial charge in [0.2, 0.25) is 0 Å². The molecular weight excluding hydrogens is 278 g/mol. The first-order valence-corrected chi connectivity index (χ1v) is 7.57. The van der Waals surface area contributed by atoms with E-state index in [2.05, 4.69) is 17.4 Å². The van der Waals surface area contributed by atoms with Crippen LogP contribution in [0.25, 0.3) is 0 Å². The summed E-state index contributed by atoms with van der Waals surface area (Å²) in [5.74, 6) is 1.89. The average molecular weight is 300 g/mol. The molecule has 2 aromatic carbocycles. The zero-order valence-corrected chi connectivity index (χ0v) is 13.0. The van der Waals surface area contributed by atoms with E-state index in [4.69, 9.17) is 9.47 Å². The number of hydrogen-bond acceptors (Lipinski definition) is 3. The second kappa shape index (κ2) is 6.28. The minimum absolute atomic E-state index is 0.308. The number of ether oxygens (including phenoxy) is 2. The Bertz CT molecular complexity index is 652. The van der Waals surface area contributed by atoms with Crippen LogP contribution in [0.2, 0.25) is 0 Å². The number of phenolic OH excluding ortho intramolecular Hbond substituents is 1. The summed E-state index contributed by atoms with van der Waals surface area (Å²) in [4.78, 5) is 0. The Hall–Kier alpha value is -2.20. The van der Waals surface area contributed by atoms with Crippen molar-refractivity contribution >= 4 is 0 Å². The van der Waals surface area contributed by atoms with Crippen LogP contribution in [0.3, 0.4) is 0 Å². The van der Waals surface area contributed by atoms with Crippen molar-refractivity contribution in [3.8, 4) is 17.2 Å². The fourth-order valence-electron chi connectivity index (χ4n) is 3.14. The third-order valence-electron chi connectivity index (χ3n) is 4.30. The number of phenols is 1. The van der Waals surface area contributed by atoms with Gasteiger partial charge >= 0.3 is 0 Å². The van der Waals surface area contributed by atoms with Crippen LogP contribution in [0.4, 0.5) is 0 Å². The Morgan fingerprint density at radius 3 is 2.45 bits per heavy atom. The normalized spacial score (nSPS) is 16.9. The second-order valence-electron chi connectivity index (χ2n) is 5.66. The molecule has 0 saturated heterocycles. The number of quaternary nitrogens is 1. The number of methoxy groups -OCH3 is 2. The van der Waals surface area contributed by atoms with Crippen LogP contribution in [0.15, 0.2) is 36.4 Å². The molecule has 0 saturated carbocycles. The van der Waals surface area contributed by atoms with E-state index in [-0.39, 0.29) is 0 Å². The molecule has 0 aromatic heterocycles. The lowest BCUT2D eigenvalue weighted by Gasteiger charge is -2.25. The van der Waals surface area contributed by atoms with E-state index in [9.17, 15) is 5.11 Å². The first-order valence-electron chi connectivity index (χ1n) is 7.57. The Morgan fingerprint density at radius 2 is 1.77 bits per heavy atom. The molecule has 3 N–H and O–H groups in total. The molecule has 22 heavy (non-hydrogen) atoms. The molecule has 1 aliphatic rings. The minimum Gasteiger partial charge on any atom is -0.508 e. The van der Waals surface area contributed by atoms with Crippen molar-refractivity contribution in [2.45, 2.75) is 18.9 Å². The maximum Gasteiger partial charge on any atom is 0.161 e. The first kappa shape index (κ1) is 14.7. The van der Waals surface area contributed by atoms with Gasteiger partial charge in [-0.15, -0.1) is 0 Å². The smallest absolute Gasteiger partial charge is 0.161 e. The molecule has 0 unspecified atom stereocenters. The van der Waals surface area contributed by atoms with Crippen LogP contribution in [0.5, 0.6) is 17.2 Å². The second-order valence-corrected chi connectivity index (χ2v) is 5.66. The fourth-order valence-corrected chi connectivity index (χ4v) is 3.14. The molecule has 1 atom stereocenters. The average Bonchev–Trinajstić information content (AvgIpc) is 2.56. The molecule has 0 radical (unpaired) electrons. The van der Waals surface area contributed by atoms with Crippen molar-refractivity contribution in [3.05, 3.63) is 53.1 Å². The summed E-state index contributed by atoms with van der Waals surface area (Å²) in [7, 11) is 3.35. The van der Waals surface area contributed by atoms with Crippen LogP contribution >= 0.6 is 0 Å². The number of rotatable bonds is 4. The molecule has 4 heteroatoms. The highest BCUT2D eigenvalue weighted by Crippen LogP contribution is 2.34. The van der Waals surface area contributed by atoms with E-state index >= 15 is 0 Å². The summed E-state index contributed by atoms with van der Waals surface area (Å²) in [6, 6.07) is 12.0. The molecule has 3 rings (SSSR count). The summed E-state index contributed by atoms with van der Waals surface area (Å²) >= 11 is 0. The lowest BCUT2D eigenvalue weighted by Crippen LogP contribution is -2.87. The summed E-state index contributed by atoms with van der Waals surface area (Å²) in [6.45, 7) is 1.07. The number of aromatic hydroxyl groups is 1. The molecule has 0 bridgehead atoms. The van der Waals surface area contributed by atoms with Crippen LogP contribution < -0.4 is 14.8 Å². The van der Waals surface area contributed by atoms with Crippen LogP contribution in [0.1, 0.15) is 22.7 Å². The maximum atomic E-state index is 9.41. The monoisotopic (exact) mass is 300 g/mol. The summed E-state index contributed by atoms with van der Waals surface area (Å²) in [5, 5.41) is 11.8. The van der Waals surface area contributed by atoms with Crippen LogP contribution in [0, 0.1) is 0 Å². The predicted octanol–water partition coefficient (Wildman–Crippen LogP) is 1.81. The molecule has 1 aliphatic heterocycles. The highest BCUT2D eigenvalue weighted by Gasteiger charge is 2.25. The van der Waals surface area contributed by atoms with Gasteiger partial charge in [-0.25, -0.2) is 0 Å². The molecule has 116 valence electrons. The fraction of sp³-hybridized carbons (Fsp3) is 0.333. The van der Waals surface area contributed by atoms with Crippen LogP contribution in [-0.4, -0.2) is 25.9 Å². The van der Waals surface area contributed by atoms with Gasteiger partial charge in [0, 0.05) is 18.4 Å². The standard InChI is InChI=1S/C18H21NO3/c1-21-17-10-13-7-8-19-16(15(13)11-18(17)22-2)9-12-3-5-14(20)6-4-12/h3-6,10-11,16,19-20H,7-9H2,1-2H3/p+1/t16-/m1/s1. The van der Waals surface area contributed by atoms with E-state index in [0.29, 0.717) is 11.8 Å². The van der Waals surface area contributed by atoms with Crippen molar-refractivity contribution in [2.24, 2.45) is 0 Å². The molecular formula is C18H22NO3+. The van der Waals surface area contributed by atoms with E-state index in [1.165, 1.54) is 16.7 Å². The lowest BCUT2D eigenvalue weighted by molar-refractivity contribution is -0.698. The van der Waals surface area contributed by atoms with Crippen LogP contribution in [-0.2, 0) is 12.8 Å². The van der Waals surface area contributed by atoms with E-state index in [0.717, 1.165) is 30.9 Å².